The summed E-state index contributed by atoms with van der Waals surface area (Å²) >= 11 is 0. The molecular weight excluding hydrogens is 546 g/mol. The summed E-state index contributed by atoms with van der Waals surface area (Å²) in [5, 5.41) is 3.08. The molecule has 0 bridgehead atoms. The minimum atomic E-state index is -3.57. The molecule has 1 N–H and O–H groups in total. The van der Waals surface area contributed by atoms with Gasteiger partial charge in [0.2, 0.25) is 21.8 Å². The van der Waals surface area contributed by atoms with E-state index in [0.717, 1.165) is 27.8 Å². The van der Waals surface area contributed by atoms with Crippen molar-refractivity contribution in [1.29, 1.82) is 0 Å². The SMILES string of the molecule is Cc1cc(C)cc(N(CCCC(=O)N(Cc2ccccc2C)[C@@H](Cc2ccccc2)C(=O)NC(C)(C)C)S(C)(=O)=O)c1. The highest BCUT2D eigenvalue weighted by molar-refractivity contribution is 7.92. The third-order valence-electron chi connectivity index (χ3n) is 7.02. The first-order valence-corrected chi connectivity index (χ1v) is 16.2. The first-order valence-electron chi connectivity index (χ1n) is 14.4. The van der Waals surface area contributed by atoms with Crippen LogP contribution in [0.3, 0.4) is 0 Å². The summed E-state index contributed by atoms with van der Waals surface area (Å²) in [6.45, 7) is 12.0. The molecule has 2 amide bonds. The summed E-state index contributed by atoms with van der Waals surface area (Å²) in [5.74, 6) is -0.418. The predicted octanol–water partition coefficient (Wildman–Crippen LogP) is 5.71. The summed E-state index contributed by atoms with van der Waals surface area (Å²) in [6.07, 6.45) is 1.95. The van der Waals surface area contributed by atoms with E-state index in [0.29, 0.717) is 18.5 Å². The number of nitrogens with zero attached hydrogens (tertiary/aromatic N) is 2. The van der Waals surface area contributed by atoms with Crippen LogP contribution in [0.25, 0.3) is 0 Å². The van der Waals surface area contributed by atoms with Crippen LogP contribution in [0.1, 0.15) is 61.4 Å². The summed E-state index contributed by atoms with van der Waals surface area (Å²) < 4.78 is 26.9. The molecule has 0 saturated heterocycles. The van der Waals surface area contributed by atoms with Crippen LogP contribution in [-0.2, 0) is 32.6 Å². The topological polar surface area (TPSA) is 86.8 Å². The van der Waals surface area contributed by atoms with Gasteiger partial charge >= 0.3 is 0 Å². The second kappa shape index (κ2) is 14.0. The first kappa shape index (κ1) is 32.9. The maximum atomic E-state index is 14.0. The number of sulfonamides is 1. The zero-order valence-electron chi connectivity index (χ0n) is 26.0. The maximum absolute atomic E-state index is 14.0. The van der Waals surface area contributed by atoms with Crippen molar-refractivity contribution < 1.29 is 18.0 Å². The van der Waals surface area contributed by atoms with Gasteiger partial charge in [0.15, 0.2) is 0 Å². The quantitative estimate of drug-likeness (QED) is 0.292. The van der Waals surface area contributed by atoms with E-state index in [1.54, 1.807) is 4.90 Å². The zero-order chi connectivity index (χ0) is 31.1. The Bertz CT molecular complexity index is 1460. The number of carbonyl (C=O) groups excluding carboxylic acids is 2. The fraction of sp³-hybridized carbons (Fsp3) is 0.412. The molecule has 0 unspecified atom stereocenters. The lowest BCUT2D eigenvalue weighted by Crippen LogP contribution is -2.54. The molecule has 0 fully saturated rings. The molecule has 0 aliphatic heterocycles. The second-order valence-electron chi connectivity index (χ2n) is 12.2. The normalized spacial score (nSPS) is 12.5. The van der Waals surface area contributed by atoms with Crippen molar-refractivity contribution in [2.75, 3.05) is 17.1 Å². The largest absolute Gasteiger partial charge is 0.350 e. The number of hydrogen-bond donors (Lipinski definition) is 1. The highest BCUT2D eigenvalue weighted by Crippen LogP contribution is 2.23. The van der Waals surface area contributed by atoms with Crippen molar-refractivity contribution in [3.63, 3.8) is 0 Å². The summed E-state index contributed by atoms with van der Waals surface area (Å²) in [4.78, 5) is 29.4. The van der Waals surface area contributed by atoms with E-state index < -0.39 is 21.6 Å². The van der Waals surface area contributed by atoms with Crippen molar-refractivity contribution in [2.45, 2.75) is 78.9 Å². The molecule has 0 spiro atoms. The molecule has 0 aliphatic carbocycles. The molecule has 3 aromatic carbocycles. The fourth-order valence-electron chi connectivity index (χ4n) is 5.08. The highest BCUT2D eigenvalue weighted by atomic mass is 32.2. The van der Waals surface area contributed by atoms with Crippen LogP contribution in [0.5, 0.6) is 0 Å². The Hall–Kier alpha value is -3.65. The van der Waals surface area contributed by atoms with Gasteiger partial charge in [0.05, 0.1) is 11.9 Å². The number of amides is 2. The van der Waals surface area contributed by atoms with Crippen molar-refractivity contribution >= 4 is 27.5 Å². The summed E-state index contributed by atoms with van der Waals surface area (Å²) in [7, 11) is -3.57. The molecule has 0 radical (unpaired) electrons. The van der Waals surface area contributed by atoms with Crippen LogP contribution in [-0.4, -0.2) is 49.5 Å². The summed E-state index contributed by atoms with van der Waals surface area (Å²) in [5.41, 5.74) is 4.98. The lowest BCUT2D eigenvalue weighted by molar-refractivity contribution is -0.142. The molecule has 3 aromatic rings. The van der Waals surface area contributed by atoms with E-state index in [2.05, 4.69) is 5.32 Å². The highest BCUT2D eigenvalue weighted by Gasteiger charge is 2.32. The van der Waals surface area contributed by atoms with Gasteiger partial charge in [0.1, 0.15) is 6.04 Å². The Kier molecular flexibility index (Phi) is 11.0. The number of aryl methyl sites for hydroxylation is 3. The number of hydrogen-bond acceptors (Lipinski definition) is 4. The number of benzene rings is 3. The van der Waals surface area contributed by atoms with Crippen LogP contribution >= 0.6 is 0 Å². The first-order chi connectivity index (χ1) is 19.6. The average Bonchev–Trinajstić information content (AvgIpc) is 2.87. The molecule has 226 valence electrons. The van der Waals surface area contributed by atoms with Gasteiger partial charge in [-0.1, -0.05) is 60.7 Å². The molecule has 0 aromatic heterocycles. The molecule has 3 rings (SSSR count). The molecule has 1 atom stereocenters. The molecule has 42 heavy (non-hydrogen) atoms. The van der Waals surface area contributed by atoms with E-state index in [-0.39, 0.29) is 31.3 Å². The standard InChI is InChI=1S/C34H45N3O4S/c1-25-20-26(2)22-30(21-25)37(42(7,40)41)19-13-18-32(38)36(24-29-17-12-11-14-27(29)3)31(33(39)35-34(4,5)6)23-28-15-9-8-10-16-28/h8-12,14-17,20-22,31H,13,18-19,23-24H2,1-7H3,(H,35,39)/t31-/m0/s1. The zero-order valence-corrected chi connectivity index (χ0v) is 26.8. The van der Waals surface area contributed by atoms with Gasteiger partial charge < -0.3 is 10.2 Å². The lowest BCUT2D eigenvalue weighted by Gasteiger charge is -2.34. The van der Waals surface area contributed by atoms with Crippen molar-refractivity contribution in [1.82, 2.24) is 10.2 Å². The van der Waals surface area contributed by atoms with E-state index >= 15 is 0 Å². The van der Waals surface area contributed by atoms with Crippen molar-refractivity contribution in [3.05, 3.63) is 101 Å². The number of rotatable bonds is 12. The number of anilines is 1. The van der Waals surface area contributed by atoms with Gasteiger partial charge in [0.25, 0.3) is 0 Å². The third-order valence-corrected chi connectivity index (χ3v) is 8.21. The Morgan fingerprint density at radius 2 is 1.48 bits per heavy atom. The Labute approximate surface area is 252 Å². The Balaban J connectivity index is 1.92. The van der Waals surface area contributed by atoms with Gasteiger partial charge in [-0.3, -0.25) is 13.9 Å². The van der Waals surface area contributed by atoms with Crippen LogP contribution in [0, 0.1) is 20.8 Å². The average molecular weight is 592 g/mol. The maximum Gasteiger partial charge on any atom is 0.243 e. The Morgan fingerprint density at radius 1 is 0.881 bits per heavy atom. The smallest absolute Gasteiger partial charge is 0.243 e. The van der Waals surface area contributed by atoms with Crippen LogP contribution in [0.15, 0.2) is 72.8 Å². The summed E-state index contributed by atoms with van der Waals surface area (Å²) in [6, 6.07) is 22.5. The van der Waals surface area contributed by atoms with Crippen LogP contribution in [0.4, 0.5) is 5.69 Å². The second-order valence-corrected chi connectivity index (χ2v) is 14.1. The van der Waals surface area contributed by atoms with E-state index in [1.807, 2.05) is 114 Å². The van der Waals surface area contributed by atoms with Crippen LogP contribution < -0.4 is 9.62 Å². The van der Waals surface area contributed by atoms with Gasteiger partial charge in [-0.25, -0.2) is 8.42 Å². The fourth-order valence-corrected chi connectivity index (χ4v) is 6.03. The van der Waals surface area contributed by atoms with Crippen molar-refractivity contribution in [3.8, 4) is 0 Å². The van der Waals surface area contributed by atoms with E-state index in [9.17, 15) is 18.0 Å². The van der Waals surface area contributed by atoms with Gasteiger partial charge in [-0.15, -0.1) is 0 Å². The van der Waals surface area contributed by atoms with Crippen molar-refractivity contribution in [2.24, 2.45) is 0 Å². The molecule has 8 heteroatoms. The molecule has 7 nitrogen and oxygen atoms in total. The van der Waals surface area contributed by atoms with Gasteiger partial charge in [-0.2, -0.15) is 0 Å². The minimum absolute atomic E-state index is 0.0940. The van der Waals surface area contributed by atoms with Gasteiger partial charge in [0, 0.05) is 31.5 Å². The van der Waals surface area contributed by atoms with Gasteiger partial charge in [-0.05, 0) is 87.9 Å². The number of carbonyl (C=O) groups is 2. The monoisotopic (exact) mass is 591 g/mol. The molecule has 0 heterocycles. The molecule has 0 saturated carbocycles. The predicted molar refractivity (Wildman–Crippen MR) is 171 cm³/mol. The molecular formula is C34H45N3O4S. The number of nitrogens with one attached hydrogen (secondary N) is 1. The third kappa shape index (κ3) is 9.72. The molecule has 0 aliphatic rings. The Morgan fingerprint density at radius 3 is 2.05 bits per heavy atom. The van der Waals surface area contributed by atoms with E-state index in [4.69, 9.17) is 0 Å². The van der Waals surface area contributed by atoms with Crippen LogP contribution in [0.2, 0.25) is 0 Å². The van der Waals surface area contributed by atoms with E-state index in [1.165, 1.54) is 10.6 Å². The minimum Gasteiger partial charge on any atom is -0.350 e. The lowest BCUT2D eigenvalue weighted by atomic mass is 9.99.